The van der Waals surface area contributed by atoms with Crippen LogP contribution < -0.4 is 5.32 Å². The van der Waals surface area contributed by atoms with Gasteiger partial charge in [0, 0.05) is 13.1 Å². The third kappa shape index (κ3) is 4.87. The largest absolute Gasteiger partial charge is 0.481 e. The number of amides is 2. The molecule has 2 atom stereocenters. The Morgan fingerprint density at radius 1 is 1.17 bits per heavy atom. The summed E-state index contributed by atoms with van der Waals surface area (Å²) in [7, 11) is 0. The summed E-state index contributed by atoms with van der Waals surface area (Å²) >= 11 is 0. The van der Waals surface area contributed by atoms with E-state index in [1.807, 2.05) is 18.2 Å². The number of piperidine rings is 1. The van der Waals surface area contributed by atoms with E-state index >= 15 is 0 Å². The molecule has 1 saturated heterocycles. The number of carboxylic acid groups (broad SMARTS) is 2. The van der Waals surface area contributed by atoms with Crippen molar-refractivity contribution in [2.24, 2.45) is 5.92 Å². The monoisotopic (exact) mass is 322 g/mol. The Bertz CT molecular complexity index is 555. The van der Waals surface area contributed by atoms with Gasteiger partial charge < -0.3 is 25.2 Å². The molecular weight excluding hydrogens is 304 g/mol. The van der Waals surface area contributed by atoms with Gasteiger partial charge in [0.1, 0.15) is 6.61 Å². The number of carbonyl (C=O) groups excluding carboxylic acids is 1. The maximum atomic E-state index is 11.8. The second kappa shape index (κ2) is 7.48. The van der Waals surface area contributed by atoms with E-state index in [-0.39, 0.29) is 26.1 Å². The van der Waals surface area contributed by atoms with Crippen molar-refractivity contribution in [2.75, 3.05) is 13.1 Å². The number of ether oxygens (including phenoxy) is 1. The van der Waals surface area contributed by atoms with Crippen LogP contribution in [0, 0.1) is 5.92 Å². The van der Waals surface area contributed by atoms with Crippen molar-refractivity contribution in [1.82, 2.24) is 10.2 Å². The molecule has 1 heterocycles. The van der Waals surface area contributed by atoms with Crippen molar-refractivity contribution >= 4 is 18.2 Å². The Balaban J connectivity index is 1.88. The summed E-state index contributed by atoms with van der Waals surface area (Å²) in [6.45, 7) is 0.0475. The lowest BCUT2D eigenvalue weighted by molar-refractivity contribution is -0.143. The Morgan fingerprint density at radius 3 is 2.48 bits per heavy atom. The third-order valence-electron chi connectivity index (χ3n) is 3.61. The van der Waals surface area contributed by atoms with Gasteiger partial charge in [-0.1, -0.05) is 30.3 Å². The zero-order chi connectivity index (χ0) is 16.8. The number of nitrogens with one attached hydrogen (secondary N) is 1. The van der Waals surface area contributed by atoms with E-state index in [4.69, 9.17) is 14.9 Å². The molecule has 8 nitrogen and oxygen atoms in total. The number of alkyl carbamates (subject to hydrolysis) is 1. The van der Waals surface area contributed by atoms with Crippen LogP contribution >= 0.6 is 0 Å². The Kier molecular flexibility index (Phi) is 5.40. The van der Waals surface area contributed by atoms with Gasteiger partial charge in [-0.25, -0.2) is 9.59 Å². The average molecular weight is 322 g/mol. The van der Waals surface area contributed by atoms with E-state index in [0.717, 1.165) is 10.5 Å². The predicted molar refractivity (Wildman–Crippen MR) is 78.9 cm³/mol. The fourth-order valence-electron chi connectivity index (χ4n) is 2.47. The summed E-state index contributed by atoms with van der Waals surface area (Å²) in [4.78, 5) is 34.9. The van der Waals surface area contributed by atoms with Crippen LogP contribution in [0.2, 0.25) is 0 Å². The standard InChI is InChI=1S/C15H18N2O6/c18-13(19)11-6-12(8-17(7-11)15(21)22)16-14(20)23-9-10-4-2-1-3-5-10/h1-5,11-12H,6-9H2,(H,16,20)(H,18,19)(H,21,22). The minimum atomic E-state index is -1.21. The van der Waals surface area contributed by atoms with Crippen LogP contribution in [-0.4, -0.2) is 52.4 Å². The molecule has 0 radical (unpaired) electrons. The molecule has 0 bridgehead atoms. The first-order valence-corrected chi connectivity index (χ1v) is 7.13. The van der Waals surface area contributed by atoms with Gasteiger partial charge in [-0.05, 0) is 12.0 Å². The number of likely N-dealkylation sites (tertiary alicyclic amines) is 1. The Labute approximate surface area is 132 Å². The van der Waals surface area contributed by atoms with Crippen molar-refractivity contribution in [3.05, 3.63) is 35.9 Å². The Hall–Kier alpha value is -2.77. The summed E-state index contributed by atoms with van der Waals surface area (Å²) in [5.41, 5.74) is 0.821. The van der Waals surface area contributed by atoms with E-state index < -0.39 is 30.1 Å². The van der Waals surface area contributed by atoms with Crippen molar-refractivity contribution < 1.29 is 29.3 Å². The second-order valence-corrected chi connectivity index (χ2v) is 5.36. The quantitative estimate of drug-likeness (QED) is 0.771. The van der Waals surface area contributed by atoms with Gasteiger partial charge in [0.2, 0.25) is 0 Å². The molecule has 1 aliphatic heterocycles. The molecule has 23 heavy (non-hydrogen) atoms. The van der Waals surface area contributed by atoms with E-state index in [0.29, 0.717) is 0 Å². The van der Waals surface area contributed by atoms with Crippen LogP contribution in [0.1, 0.15) is 12.0 Å². The fourth-order valence-corrected chi connectivity index (χ4v) is 2.47. The van der Waals surface area contributed by atoms with Crippen LogP contribution in [0.15, 0.2) is 30.3 Å². The average Bonchev–Trinajstić information content (AvgIpc) is 2.53. The van der Waals surface area contributed by atoms with Crippen LogP contribution in [0.3, 0.4) is 0 Å². The van der Waals surface area contributed by atoms with Crippen molar-refractivity contribution in [1.29, 1.82) is 0 Å². The number of hydrogen-bond acceptors (Lipinski definition) is 4. The van der Waals surface area contributed by atoms with Gasteiger partial charge in [0.15, 0.2) is 0 Å². The van der Waals surface area contributed by atoms with E-state index in [1.165, 1.54) is 0 Å². The van der Waals surface area contributed by atoms with Crippen LogP contribution in [0.5, 0.6) is 0 Å². The summed E-state index contributed by atoms with van der Waals surface area (Å²) in [6, 6.07) is 8.50. The molecule has 124 valence electrons. The fraction of sp³-hybridized carbons (Fsp3) is 0.400. The van der Waals surface area contributed by atoms with Gasteiger partial charge >= 0.3 is 18.2 Å². The maximum Gasteiger partial charge on any atom is 0.407 e. The molecule has 1 fully saturated rings. The molecule has 2 rings (SSSR count). The molecule has 0 saturated carbocycles. The van der Waals surface area contributed by atoms with E-state index in [9.17, 15) is 14.4 Å². The molecule has 2 unspecified atom stereocenters. The second-order valence-electron chi connectivity index (χ2n) is 5.36. The molecule has 1 aliphatic rings. The van der Waals surface area contributed by atoms with E-state index in [1.54, 1.807) is 12.1 Å². The Morgan fingerprint density at radius 2 is 1.87 bits per heavy atom. The molecule has 2 amide bonds. The van der Waals surface area contributed by atoms with Gasteiger partial charge in [0.05, 0.1) is 12.0 Å². The van der Waals surface area contributed by atoms with Crippen LogP contribution in [0.25, 0.3) is 0 Å². The summed E-state index contributed by atoms with van der Waals surface area (Å²) in [5.74, 6) is -1.93. The topological polar surface area (TPSA) is 116 Å². The van der Waals surface area contributed by atoms with Crippen LogP contribution in [0.4, 0.5) is 9.59 Å². The van der Waals surface area contributed by atoms with Crippen LogP contribution in [-0.2, 0) is 16.1 Å². The molecule has 1 aromatic carbocycles. The minimum absolute atomic E-state index is 0.0412. The summed E-state index contributed by atoms with van der Waals surface area (Å²) in [5, 5.41) is 20.6. The lowest BCUT2D eigenvalue weighted by Crippen LogP contribution is -2.53. The van der Waals surface area contributed by atoms with Gasteiger partial charge in [-0.15, -0.1) is 0 Å². The highest BCUT2D eigenvalue weighted by molar-refractivity contribution is 5.73. The number of carboxylic acids is 1. The molecule has 1 aromatic rings. The highest BCUT2D eigenvalue weighted by Gasteiger charge is 2.34. The first kappa shape index (κ1) is 16.6. The van der Waals surface area contributed by atoms with E-state index in [2.05, 4.69) is 5.32 Å². The molecular formula is C15H18N2O6. The highest BCUT2D eigenvalue weighted by atomic mass is 16.5. The minimum Gasteiger partial charge on any atom is -0.481 e. The molecule has 3 N–H and O–H groups in total. The number of rotatable bonds is 4. The van der Waals surface area contributed by atoms with Crippen molar-refractivity contribution in [3.8, 4) is 0 Å². The molecule has 8 heteroatoms. The number of hydrogen-bond donors (Lipinski definition) is 3. The van der Waals surface area contributed by atoms with Gasteiger partial charge in [0.25, 0.3) is 0 Å². The van der Waals surface area contributed by atoms with Crippen molar-refractivity contribution in [3.63, 3.8) is 0 Å². The molecule has 0 aromatic heterocycles. The number of benzene rings is 1. The smallest absolute Gasteiger partial charge is 0.407 e. The third-order valence-corrected chi connectivity index (χ3v) is 3.61. The highest BCUT2D eigenvalue weighted by Crippen LogP contribution is 2.17. The normalized spacial score (nSPS) is 20.6. The lowest BCUT2D eigenvalue weighted by Gasteiger charge is -2.34. The van der Waals surface area contributed by atoms with Crippen molar-refractivity contribution in [2.45, 2.75) is 19.1 Å². The maximum absolute atomic E-state index is 11.8. The van der Waals surface area contributed by atoms with Gasteiger partial charge in [-0.3, -0.25) is 4.79 Å². The lowest BCUT2D eigenvalue weighted by atomic mass is 9.94. The van der Waals surface area contributed by atoms with Gasteiger partial charge in [-0.2, -0.15) is 0 Å². The molecule has 0 aliphatic carbocycles. The summed E-state index contributed by atoms with van der Waals surface area (Å²) in [6.07, 6.45) is -1.74. The zero-order valence-corrected chi connectivity index (χ0v) is 12.3. The number of aliphatic carboxylic acids is 1. The zero-order valence-electron chi connectivity index (χ0n) is 12.3. The summed E-state index contributed by atoms with van der Waals surface area (Å²) < 4.78 is 5.06. The SMILES string of the molecule is O=C(NC1CC(C(=O)O)CN(C(=O)O)C1)OCc1ccccc1. The number of carbonyl (C=O) groups is 3. The first-order valence-electron chi connectivity index (χ1n) is 7.13. The number of nitrogens with zero attached hydrogens (tertiary/aromatic N) is 1. The first-order chi connectivity index (χ1) is 11.0. The molecule has 0 spiro atoms. The predicted octanol–water partition coefficient (Wildman–Crippen LogP) is 1.37.